The number of rotatable bonds is 6. The molecule has 0 aromatic rings. The van der Waals surface area contributed by atoms with E-state index in [-0.39, 0.29) is 5.25 Å². The average molecular weight is 275 g/mol. The molecule has 4 unspecified atom stereocenters. The first-order valence-corrected chi connectivity index (χ1v) is 9.20. The van der Waals surface area contributed by atoms with Crippen molar-refractivity contribution in [2.24, 2.45) is 11.8 Å². The van der Waals surface area contributed by atoms with Gasteiger partial charge in [-0.3, -0.25) is 0 Å². The summed E-state index contributed by atoms with van der Waals surface area (Å²) in [6.07, 6.45) is 7.68. The summed E-state index contributed by atoms with van der Waals surface area (Å²) in [7, 11) is -0.851. The Kier molecular flexibility index (Phi) is 6.12. The van der Waals surface area contributed by atoms with Gasteiger partial charge in [0.2, 0.25) is 0 Å². The molecule has 0 radical (unpaired) electrons. The van der Waals surface area contributed by atoms with Crippen molar-refractivity contribution < 1.29 is 8.42 Å². The largest absolute Gasteiger partial charge is 0.317 e. The van der Waals surface area contributed by atoms with E-state index in [0.29, 0.717) is 17.9 Å². The molecule has 1 aliphatic carbocycles. The minimum atomic E-state index is -2.86. The Hall–Kier alpha value is -0.0900. The zero-order valence-electron chi connectivity index (χ0n) is 12.3. The van der Waals surface area contributed by atoms with E-state index in [2.05, 4.69) is 19.2 Å². The lowest BCUT2D eigenvalue weighted by Crippen LogP contribution is -2.40. The number of nitrogens with one attached hydrogen (secondary N) is 1. The molecule has 0 aliphatic heterocycles. The lowest BCUT2D eigenvalue weighted by Gasteiger charge is -2.35. The highest BCUT2D eigenvalue weighted by atomic mass is 32.2. The topological polar surface area (TPSA) is 46.2 Å². The minimum Gasteiger partial charge on any atom is -0.317 e. The second-order valence-corrected chi connectivity index (χ2v) is 8.35. The first kappa shape index (κ1) is 16.0. The van der Waals surface area contributed by atoms with Crippen LogP contribution in [-0.4, -0.2) is 33.0 Å². The van der Waals surface area contributed by atoms with Gasteiger partial charge in [0.25, 0.3) is 0 Å². The van der Waals surface area contributed by atoms with Gasteiger partial charge < -0.3 is 5.32 Å². The predicted octanol–water partition coefficient (Wildman–Crippen LogP) is 2.61. The molecule has 0 spiro atoms. The van der Waals surface area contributed by atoms with Gasteiger partial charge in [-0.15, -0.1) is 0 Å². The van der Waals surface area contributed by atoms with Crippen LogP contribution in [0.3, 0.4) is 0 Å². The maximum Gasteiger partial charge on any atom is 0.150 e. The van der Waals surface area contributed by atoms with Crippen LogP contribution in [0.1, 0.15) is 52.4 Å². The van der Waals surface area contributed by atoms with Gasteiger partial charge in [0, 0.05) is 12.3 Å². The molecule has 18 heavy (non-hydrogen) atoms. The van der Waals surface area contributed by atoms with Crippen LogP contribution in [0.2, 0.25) is 0 Å². The van der Waals surface area contributed by atoms with E-state index in [1.807, 2.05) is 7.05 Å². The van der Waals surface area contributed by atoms with Gasteiger partial charge in [-0.25, -0.2) is 8.42 Å². The normalized spacial score (nSPS) is 28.9. The van der Waals surface area contributed by atoms with Crippen LogP contribution in [-0.2, 0) is 9.84 Å². The summed E-state index contributed by atoms with van der Waals surface area (Å²) in [5, 5.41) is 3.31. The smallest absolute Gasteiger partial charge is 0.150 e. The molecule has 1 N–H and O–H groups in total. The fourth-order valence-corrected chi connectivity index (χ4v) is 4.27. The lowest BCUT2D eigenvalue weighted by atomic mass is 9.80. The van der Waals surface area contributed by atoms with Crippen LogP contribution in [0.25, 0.3) is 0 Å². The van der Waals surface area contributed by atoms with E-state index >= 15 is 0 Å². The highest BCUT2D eigenvalue weighted by molar-refractivity contribution is 7.91. The molecule has 0 aromatic carbocycles. The molecule has 0 saturated heterocycles. The lowest BCUT2D eigenvalue weighted by molar-refractivity contribution is 0.246. The Morgan fingerprint density at radius 3 is 2.50 bits per heavy atom. The van der Waals surface area contributed by atoms with E-state index in [0.717, 1.165) is 25.7 Å². The highest BCUT2D eigenvalue weighted by Crippen LogP contribution is 2.32. The molecule has 4 atom stereocenters. The quantitative estimate of drug-likeness (QED) is 0.810. The SMILES string of the molecule is CCC(C)CC(NC)C1CCCC(S(C)(=O)=O)C1. The third-order valence-corrected chi connectivity index (χ3v) is 6.20. The third kappa shape index (κ3) is 4.54. The average Bonchev–Trinajstić information content (AvgIpc) is 2.34. The summed E-state index contributed by atoms with van der Waals surface area (Å²) < 4.78 is 23.4. The molecule has 0 aromatic heterocycles. The van der Waals surface area contributed by atoms with Crippen molar-refractivity contribution in [3.63, 3.8) is 0 Å². The Morgan fingerprint density at radius 1 is 1.33 bits per heavy atom. The third-order valence-electron chi connectivity index (χ3n) is 4.57. The predicted molar refractivity (Wildman–Crippen MR) is 77.5 cm³/mol. The van der Waals surface area contributed by atoms with Crippen LogP contribution < -0.4 is 5.32 Å². The Bertz CT molecular complexity index is 340. The van der Waals surface area contributed by atoms with Gasteiger partial charge >= 0.3 is 0 Å². The summed E-state index contributed by atoms with van der Waals surface area (Å²) in [5.41, 5.74) is 0. The first-order valence-electron chi connectivity index (χ1n) is 7.24. The van der Waals surface area contributed by atoms with Gasteiger partial charge in [-0.1, -0.05) is 26.7 Å². The molecule has 108 valence electrons. The standard InChI is InChI=1S/C14H29NO2S/c1-5-11(2)9-14(15-3)12-7-6-8-13(10-12)18(4,16)17/h11-15H,5-10H2,1-4H3. The van der Waals surface area contributed by atoms with E-state index < -0.39 is 9.84 Å². The molecular formula is C14H29NO2S. The van der Waals surface area contributed by atoms with E-state index in [1.54, 1.807) is 0 Å². The van der Waals surface area contributed by atoms with E-state index in [1.165, 1.54) is 19.1 Å². The van der Waals surface area contributed by atoms with Gasteiger partial charge in [0.1, 0.15) is 9.84 Å². The maximum atomic E-state index is 11.7. The van der Waals surface area contributed by atoms with Gasteiger partial charge in [-0.05, 0) is 44.6 Å². The Labute approximate surface area is 113 Å². The van der Waals surface area contributed by atoms with Crippen LogP contribution in [0.15, 0.2) is 0 Å². The second-order valence-electron chi connectivity index (χ2n) is 6.02. The molecule has 0 heterocycles. The van der Waals surface area contributed by atoms with Crippen molar-refractivity contribution in [3.05, 3.63) is 0 Å². The number of sulfone groups is 1. The van der Waals surface area contributed by atoms with E-state index in [4.69, 9.17) is 0 Å². The van der Waals surface area contributed by atoms with Crippen LogP contribution >= 0.6 is 0 Å². The molecule has 1 saturated carbocycles. The van der Waals surface area contributed by atoms with Crippen molar-refractivity contribution in [1.82, 2.24) is 5.32 Å². The van der Waals surface area contributed by atoms with Gasteiger partial charge in [0.05, 0.1) is 5.25 Å². The van der Waals surface area contributed by atoms with Gasteiger partial charge in [-0.2, -0.15) is 0 Å². The fourth-order valence-electron chi connectivity index (χ4n) is 3.08. The van der Waals surface area contributed by atoms with Crippen molar-refractivity contribution in [3.8, 4) is 0 Å². The highest BCUT2D eigenvalue weighted by Gasteiger charge is 2.32. The summed E-state index contributed by atoms with van der Waals surface area (Å²) in [6.45, 7) is 4.50. The monoisotopic (exact) mass is 275 g/mol. The zero-order valence-corrected chi connectivity index (χ0v) is 13.1. The molecule has 4 heteroatoms. The Balaban J connectivity index is 2.63. The summed E-state index contributed by atoms with van der Waals surface area (Å²) in [5.74, 6) is 1.23. The first-order chi connectivity index (χ1) is 8.38. The van der Waals surface area contributed by atoms with Crippen molar-refractivity contribution >= 4 is 9.84 Å². The molecule has 0 amide bonds. The van der Waals surface area contributed by atoms with Crippen LogP contribution in [0, 0.1) is 11.8 Å². The maximum absolute atomic E-state index is 11.7. The molecule has 1 fully saturated rings. The molecule has 3 nitrogen and oxygen atoms in total. The van der Waals surface area contributed by atoms with Crippen molar-refractivity contribution in [2.45, 2.75) is 63.7 Å². The Morgan fingerprint density at radius 2 is 2.00 bits per heavy atom. The fraction of sp³-hybridized carbons (Fsp3) is 1.00. The molecule has 1 aliphatic rings. The molecule has 1 rings (SSSR count). The summed E-state index contributed by atoms with van der Waals surface area (Å²) in [6, 6.07) is 0.476. The van der Waals surface area contributed by atoms with Gasteiger partial charge in [0.15, 0.2) is 0 Å². The number of hydrogen-bond donors (Lipinski definition) is 1. The van der Waals surface area contributed by atoms with Crippen LogP contribution in [0.4, 0.5) is 0 Å². The molecular weight excluding hydrogens is 246 g/mol. The van der Waals surface area contributed by atoms with Crippen molar-refractivity contribution in [1.29, 1.82) is 0 Å². The second kappa shape index (κ2) is 6.90. The number of hydrogen-bond acceptors (Lipinski definition) is 3. The van der Waals surface area contributed by atoms with E-state index in [9.17, 15) is 8.42 Å². The minimum absolute atomic E-state index is 0.107. The summed E-state index contributed by atoms with van der Waals surface area (Å²) >= 11 is 0. The molecule has 0 bridgehead atoms. The van der Waals surface area contributed by atoms with Crippen molar-refractivity contribution in [2.75, 3.05) is 13.3 Å². The summed E-state index contributed by atoms with van der Waals surface area (Å²) in [4.78, 5) is 0. The zero-order chi connectivity index (χ0) is 13.8. The van der Waals surface area contributed by atoms with Crippen LogP contribution in [0.5, 0.6) is 0 Å².